The molecule has 0 unspecified atom stereocenters. The largest absolute Gasteiger partial charge is 0.354 e. The molecule has 2 fully saturated rings. The van der Waals surface area contributed by atoms with Gasteiger partial charge in [-0.15, -0.1) is 12.4 Å². The number of amides is 1. The molecule has 0 radical (unpaired) electrons. The molecule has 3 nitrogen and oxygen atoms in total. The molecular formula is C16H22BrClN2O. The molecule has 0 aliphatic heterocycles. The molecule has 5 heteroatoms. The highest BCUT2D eigenvalue weighted by Crippen LogP contribution is 2.48. The molecule has 116 valence electrons. The standard InChI is InChI=1S/C16H21BrN2O.ClH/c17-13-5-3-4-12(10-13)15(8-9-15)11-19-14(20)16(18)6-1-2-7-16;/h3-5,10H,1-2,6-9,11,18H2,(H,19,20);1H. The fourth-order valence-corrected chi connectivity index (χ4v) is 3.59. The van der Waals surface area contributed by atoms with E-state index in [2.05, 4.69) is 39.4 Å². The predicted molar refractivity (Wildman–Crippen MR) is 90.7 cm³/mol. The summed E-state index contributed by atoms with van der Waals surface area (Å²) in [6.45, 7) is 0.710. The second-order valence-electron chi connectivity index (χ2n) is 6.34. The molecule has 0 heterocycles. The van der Waals surface area contributed by atoms with Gasteiger partial charge >= 0.3 is 0 Å². The highest BCUT2D eigenvalue weighted by atomic mass is 79.9. The molecular weight excluding hydrogens is 352 g/mol. The summed E-state index contributed by atoms with van der Waals surface area (Å²) in [4.78, 5) is 12.3. The van der Waals surface area contributed by atoms with Crippen molar-refractivity contribution in [2.75, 3.05) is 6.54 Å². The summed E-state index contributed by atoms with van der Waals surface area (Å²) in [5.74, 6) is 0.0382. The van der Waals surface area contributed by atoms with Gasteiger partial charge in [0.25, 0.3) is 0 Å². The maximum atomic E-state index is 12.3. The van der Waals surface area contributed by atoms with Gasteiger partial charge in [-0.3, -0.25) is 4.79 Å². The number of halogens is 2. The fraction of sp³-hybridized carbons (Fsp3) is 0.562. The minimum atomic E-state index is -0.618. The van der Waals surface area contributed by atoms with Crippen LogP contribution in [0, 0.1) is 0 Å². The molecule has 3 rings (SSSR count). The second kappa shape index (κ2) is 6.27. The van der Waals surface area contributed by atoms with Gasteiger partial charge in [-0.2, -0.15) is 0 Å². The number of rotatable bonds is 4. The van der Waals surface area contributed by atoms with E-state index in [1.165, 1.54) is 5.56 Å². The molecule has 2 aliphatic carbocycles. The van der Waals surface area contributed by atoms with Gasteiger partial charge in [0.1, 0.15) is 0 Å². The van der Waals surface area contributed by atoms with E-state index < -0.39 is 5.54 Å². The highest BCUT2D eigenvalue weighted by Gasteiger charge is 2.46. The SMILES string of the molecule is Cl.NC1(C(=O)NCC2(c3cccc(Br)c3)CC2)CCCC1. The van der Waals surface area contributed by atoms with Crippen molar-refractivity contribution < 1.29 is 4.79 Å². The van der Waals surface area contributed by atoms with E-state index in [-0.39, 0.29) is 23.7 Å². The van der Waals surface area contributed by atoms with Crippen molar-refractivity contribution in [3.05, 3.63) is 34.3 Å². The Morgan fingerprint density at radius 1 is 1.24 bits per heavy atom. The summed E-state index contributed by atoms with van der Waals surface area (Å²) in [6, 6.07) is 8.40. The summed E-state index contributed by atoms with van der Waals surface area (Å²) in [7, 11) is 0. The first-order valence-corrected chi connectivity index (χ1v) is 8.17. The summed E-state index contributed by atoms with van der Waals surface area (Å²) in [6.07, 6.45) is 6.06. The Bertz CT molecular complexity index is 525. The summed E-state index contributed by atoms with van der Waals surface area (Å²) in [5, 5.41) is 3.11. The lowest BCUT2D eigenvalue weighted by Crippen LogP contribution is -2.53. The number of carbonyl (C=O) groups is 1. The third-order valence-electron chi connectivity index (χ3n) is 4.83. The van der Waals surface area contributed by atoms with E-state index in [4.69, 9.17) is 5.73 Å². The third kappa shape index (κ3) is 3.43. The number of nitrogens with two attached hydrogens (primary N) is 1. The first kappa shape index (κ1) is 16.8. The van der Waals surface area contributed by atoms with E-state index in [1.807, 2.05) is 6.07 Å². The molecule has 1 aromatic carbocycles. The smallest absolute Gasteiger partial charge is 0.240 e. The van der Waals surface area contributed by atoms with Crippen molar-refractivity contribution in [3.63, 3.8) is 0 Å². The number of nitrogens with one attached hydrogen (secondary N) is 1. The van der Waals surface area contributed by atoms with Crippen molar-refractivity contribution in [1.82, 2.24) is 5.32 Å². The Balaban J connectivity index is 0.00000161. The van der Waals surface area contributed by atoms with Gasteiger partial charge in [-0.1, -0.05) is 40.9 Å². The average molecular weight is 374 g/mol. The van der Waals surface area contributed by atoms with Crippen molar-refractivity contribution in [1.29, 1.82) is 0 Å². The maximum Gasteiger partial charge on any atom is 0.240 e. The Kier molecular flexibility index (Phi) is 5.01. The van der Waals surface area contributed by atoms with Crippen molar-refractivity contribution in [2.24, 2.45) is 5.73 Å². The molecule has 2 saturated carbocycles. The first-order valence-electron chi connectivity index (χ1n) is 7.37. The summed E-state index contributed by atoms with van der Waals surface area (Å²) in [5.41, 5.74) is 7.02. The van der Waals surface area contributed by atoms with E-state index in [0.717, 1.165) is 43.0 Å². The van der Waals surface area contributed by atoms with E-state index in [0.29, 0.717) is 6.54 Å². The predicted octanol–water partition coefficient (Wildman–Crippen LogP) is 3.29. The zero-order valence-corrected chi connectivity index (χ0v) is 14.4. The molecule has 1 amide bonds. The molecule has 0 atom stereocenters. The van der Waals surface area contributed by atoms with Crippen LogP contribution < -0.4 is 11.1 Å². The first-order chi connectivity index (χ1) is 9.54. The van der Waals surface area contributed by atoms with Crippen LogP contribution >= 0.6 is 28.3 Å². The number of hydrogen-bond donors (Lipinski definition) is 2. The molecule has 0 saturated heterocycles. The van der Waals surface area contributed by atoms with Crippen LogP contribution in [0.3, 0.4) is 0 Å². The third-order valence-corrected chi connectivity index (χ3v) is 5.32. The van der Waals surface area contributed by atoms with Crippen molar-refractivity contribution in [2.45, 2.75) is 49.5 Å². The number of carbonyl (C=O) groups excluding carboxylic acids is 1. The lowest BCUT2D eigenvalue weighted by molar-refractivity contribution is -0.126. The van der Waals surface area contributed by atoms with Crippen LogP contribution in [-0.4, -0.2) is 18.0 Å². The van der Waals surface area contributed by atoms with Crippen LogP contribution in [0.2, 0.25) is 0 Å². The minimum Gasteiger partial charge on any atom is -0.354 e. The highest BCUT2D eigenvalue weighted by molar-refractivity contribution is 9.10. The molecule has 0 spiro atoms. The quantitative estimate of drug-likeness (QED) is 0.851. The summed E-state index contributed by atoms with van der Waals surface area (Å²) >= 11 is 3.52. The van der Waals surface area contributed by atoms with Crippen LogP contribution in [0.5, 0.6) is 0 Å². The molecule has 3 N–H and O–H groups in total. The Morgan fingerprint density at radius 3 is 2.48 bits per heavy atom. The Labute approximate surface area is 140 Å². The van der Waals surface area contributed by atoms with Gasteiger partial charge in [-0.25, -0.2) is 0 Å². The zero-order valence-electron chi connectivity index (χ0n) is 12.0. The van der Waals surface area contributed by atoms with E-state index in [9.17, 15) is 4.79 Å². The Morgan fingerprint density at radius 2 is 1.90 bits per heavy atom. The van der Waals surface area contributed by atoms with Gasteiger partial charge in [-0.05, 0) is 43.4 Å². The maximum absolute atomic E-state index is 12.3. The van der Waals surface area contributed by atoms with Crippen molar-refractivity contribution in [3.8, 4) is 0 Å². The molecule has 21 heavy (non-hydrogen) atoms. The normalized spacial score (nSPS) is 21.4. The van der Waals surface area contributed by atoms with Crippen molar-refractivity contribution >= 4 is 34.2 Å². The van der Waals surface area contributed by atoms with Crippen LogP contribution in [0.4, 0.5) is 0 Å². The van der Waals surface area contributed by atoms with Gasteiger partial charge in [0.05, 0.1) is 5.54 Å². The zero-order chi connectivity index (χ0) is 14.2. The van der Waals surface area contributed by atoms with E-state index in [1.54, 1.807) is 0 Å². The lowest BCUT2D eigenvalue weighted by Gasteiger charge is -2.25. The van der Waals surface area contributed by atoms with Crippen LogP contribution in [-0.2, 0) is 10.2 Å². The number of benzene rings is 1. The Hall–Kier alpha value is -0.580. The van der Waals surface area contributed by atoms with Gasteiger partial charge in [0.2, 0.25) is 5.91 Å². The minimum absolute atomic E-state index is 0. The molecule has 2 aliphatic rings. The lowest BCUT2D eigenvalue weighted by atomic mass is 9.94. The second-order valence-corrected chi connectivity index (χ2v) is 7.25. The fourth-order valence-electron chi connectivity index (χ4n) is 3.20. The van der Waals surface area contributed by atoms with Crippen LogP contribution in [0.25, 0.3) is 0 Å². The topological polar surface area (TPSA) is 55.1 Å². The van der Waals surface area contributed by atoms with Crippen LogP contribution in [0.15, 0.2) is 28.7 Å². The van der Waals surface area contributed by atoms with E-state index >= 15 is 0 Å². The van der Waals surface area contributed by atoms with Crippen LogP contribution in [0.1, 0.15) is 44.1 Å². The molecule has 1 aromatic rings. The van der Waals surface area contributed by atoms with Gasteiger partial charge in [0.15, 0.2) is 0 Å². The monoisotopic (exact) mass is 372 g/mol. The molecule has 0 bridgehead atoms. The van der Waals surface area contributed by atoms with Gasteiger partial charge < -0.3 is 11.1 Å². The average Bonchev–Trinajstić information content (AvgIpc) is 3.11. The van der Waals surface area contributed by atoms with Gasteiger partial charge in [0, 0.05) is 16.4 Å². The number of hydrogen-bond acceptors (Lipinski definition) is 2. The summed E-state index contributed by atoms with van der Waals surface area (Å²) < 4.78 is 1.10. The molecule has 0 aromatic heterocycles.